The third-order valence-electron chi connectivity index (χ3n) is 4.57. The summed E-state index contributed by atoms with van der Waals surface area (Å²) in [7, 11) is -2.00. The van der Waals surface area contributed by atoms with Crippen LogP contribution in [0.25, 0.3) is 0 Å². The Bertz CT molecular complexity index is 906. The van der Waals surface area contributed by atoms with E-state index in [1.807, 2.05) is 6.92 Å². The number of amides is 1. The summed E-state index contributed by atoms with van der Waals surface area (Å²) in [4.78, 5) is 12.6. The van der Waals surface area contributed by atoms with Crippen LogP contribution in [-0.4, -0.2) is 36.3 Å². The molecular formula is C18H22FN3O3S. The highest BCUT2D eigenvalue weighted by Crippen LogP contribution is 2.25. The number of carbonyl (C=O) groups excluding carboxylic acids is 1. The van der Waals surface area contributed by atoms with Crippen molar-refractivity contribution in [1.82, 2.24) is 8.87 Å². The summed E-state index contributed by atoms with van der Waals surface area (Å²) >= 11 is 0. The first-order valence-electron chi connectivity index (χ1n) is 8.51. The molecule has 2 aromatic rings. The highest BCUT2D eigenvalue weighted by molar-refractivity contribution is 7.89. The Hall–Kier alpha value is -2.19. The Labute approximate surface area is 152 Å². The van der Waals surface area contributed by atoms with Gasteiger partial charge in [0.25, 0.3) is 5.91 Å². The monoisotopic (exact) mass is 379 g/mol. The van der Waals surface area contributed by atoms with Gasteiger partial charge >= 0.3 is 0 Å². The second kappa shape index (κ2) is 7.20. The third kappa shape index (κ3) is 3.81. The molecule has 1 aromatic heterocycles. The average Bonchev–Trinajstić information content (AvgIpc) is 3.00. The molecule has 0 saturated carbocycles. The van der Waals surface area contributed by atoms with Crippen LogP contribution in [0.1, 0.15) is 30.3 Å². The molecule has 1 aliphatic rings. The fraction of sp³-hybridized carbons (Fsp3) is 0.389. The number of carbonyl (C=O) groups is 1. The maximum Gasteiger partial charge on any atom is 0.272 e. The zero-order chi connectivity index (χ0) is 18.9. The molecule has 0 unspecified atom stereocenters. The van der Waals surface area contributed by atoms with Crippen molar-refractivity contribution in [2.75, 3.05) is 18.4 Å². The molecule has 3 rings (SSSR count). The topological polar surface area (TPSA) is 71.4 Å². The fourth-order valence-electron chi connectivity index (χ4n) is 3.14. The van der Waals surface area contributed by atoms with Gasteiger partial charge in [0.15, 0.2) is 0 Å². The Balaban J connectivity index is 1.81. The lowest BCUT2D eigenvalue weighted by Gasteiger charge is -2.29. The first-order valence-corrected chi connectivity index (χ1v) is 9.95. The number of rotatable bonds is 4. The highest BCUT2D eigenvalue weighted by Gasteiger charge is 2.30. The number of aryl methyl sites for hydroxylation is 1. The van der Waals surface area contributed by atoms with Gasteiger partial charge in [-0.3, -0.25) is 4.79 Å². The molecule has 1 fully saturated rings. The lowest BCUT2D eigenvalue weighted by Crippen LogP contribution is -2.38. The van der Waals surface area contributed by atoms with E-state index in [0.29, 0.717) is 24.7 Å². The van der Waals surface area contributed by atoms with Crippen LogP contribution in [-0.2, 0) is 17.1 Å². The zero-order valence-electron chi connectivity index (χ0n) is 14.8. The largest absolute Gasteiger partial charge is 0.345 e. The molecule has 1 aliphatic heterocycles. The summed E-state index contributed by atoms with van der Waals surface area (Å²) in [5.74, 6) is -0.526. The van der Waals surface area contributed by atoms with E-state index >= 15 is 0 Å². The Kier molecular flexibility index (Phi) is 5.15. The van der Waals surface area contributed by atoms with Crippen LogP contribution in [0.5, 0.6) is 0 Å². The number of benzene rings is 1. The highest BCUT2D eigenvalue weighted by atomic mass is 32.2. The normalized spacial score (nSPS) is 18.7. The van der Waals surface area contributed by atoms with Crippen molar-refractivity contribution in [1.29, 1.82) is 0 Å². The fourth-order valence-corrected chi connectivity index (χ4v) is 4.81. The lowest BCUT2D eigenvalue weighted by molar-refractivity contribution is 0.101. The summed E-state index contributed by atoms with van der Waals surface area (Å²) < 4.78 is 41.6. The summed E-state index contributed by atoms with van der Waals surface area (Å²) in [5.41, 5.74) is 0.657. The molecule has 8 heteroatoms. The van der Waals surface area contributed by atoms with Crippen LogP contribution in [0, 0.1) is 11.7 Å². The van der Waals surface area contributed by atoms with Crippen LogP contribution in [0.3, 0.4) is 0 Å². The summed E-state index contributed by atoms with van der Waals surface area (Å²) in [6.07, 6.45) is 3.31. The summed E-state index contributed by atoms with van der Waals surface area (Å²) in [5, 5.41) is 2.64. The number of halogens is 1. The number of sulfonamides is 1. The van der Waals surface area contributed by atoms with Gasteiger partial charge in [-0.1, -0.05) is 6.92 Å². The van der Waals surface area contributed by atoms with Crippen LogP contribution < -0.4 is 5.32 Å². The molecule has 1 aromatic carbocycles. The van der Waals surface area contributed by atoms with Crippen molar-refractivity contribution in [3.8, 4) is 0 Å². The zero-order valence-corrected chi connectivity index (χ0v) is 15.6. The van der Waals surface area contributed by atoms with Crippen molar-refractivity contribution in [2.24, 2.45) is 13.0 Å². The minimum Gasteiger partial charge on any atom is -0.345 e. The molecule has 140 valence electrons. The number of piperidine rings is 1. The van der Waals surface area contributed by atoms with E-state index in [1.54, 1.807) is 7.05 Å². The molecule has 0 bridgehead atoms. The second-order valence-electron chi connectivity index (χ2n) is 6.74. The van der Waals surface area contributed by atoms with E-state index in [2.05, 4.69) is 5.32 Å². The van der Waals surface area contributed by atoms with Crippen LogP contribution in [0.2, 0.25) is 0 Å². The Morgan fingerprint density at radius 1 is 1.27 bits per heavy atom. The first-order chi connectivity index (χ1) is 12.3. The molecule has 0 radical (unpaired) electrons. The van der Waals surface area contributed by atoms with E-state index in [1.165, 1.54) is 45.4 Å². The minimum atomic E-state index is -3.63. The van der Waals surface area contributed by atoms with Gasteiger partial charge in [0.05, 0.1) is 0 Å². The lowest BCUT2D eigenvalue weighted by atomic mass is 10.0. The number of nitrogens with one attached hydrogen (secondary N) is 1. The Morgan fingerprint density at radius 2 is 1.96 bits per heavy atom. The van der Waals surface area contributed by atoms with E-state index in [4.69, 9.17) is 0 Å². The van der Waals surface area contributed by atoms with Gasteiger partial charge in [-0.15, -0.1) is 0 Å². The predicted molar refractivity (Wildman–Crippen MR) is 96.9 cm³/mol. The molecular weight excluding hydrogens is 357 g/mol. The molecule has 0 spiro atoms. The molecule has 2 heterocycles. The number of hydrogen-bond donors (Lipinski definition) is 1. The van der Waals surface area contributed by atoms with E-state index < -0.39 is 21.7 Å². The molecule has 1 amide bonds. The average molecular weight is 379 g/mol. The molecule has 6 nitrogen and oxygen atoms in total. The van der Waals surface area contributed by atoms with E-state index in [0.717, 1.165) is 12.8 Å². The molecule has 1 N–H and O–H groups in total. The summed E-state index contributed by atoms with van der Waals surface area (Å²) in [6.45, 7) is 3.03. The van der Waals surface area contributed by atoms with Gasteiger partial charge in [-0.05, 0) is 49.1 Å². The van der Waals surface area contributed by atoms with Crippen LogP contribution in [0.4, 0.5) is 10.1 Å². The van der Waals surface area contributed by atoms with E-state index in [-0.39, 0.29) is 10.6 Å². The number of anilines is 1. The molecule has 26 heavy (non-hydrogen) atoms. The van der Waals surface area contributed by atoms with Gasteiger partial charge in [0, 0.05) is 32.0 Å². The van der Waals surface area contributed by atoms with Crippen molar-refractivity contribution in [2.45, 2.75) is 24.7 Å². The van der Waals surface area contributed by atoms with E-state index in [9.17, 15) is 17.6 Å². The standard InChI is InChI=1S/C18H22FN3O3S/c1-13-4-3-9-22(11-13)26(24,25)16-10-17(21(2)12-16)18(23)20-15-7-5-14(19)6-8-15/h5-8,10,12-13H,3-4,9,11H2,1-2H3,(H,20,23)/t13-/m1/s1. The van der Waals surface area contributed by atoms with Crippen molar-refractivity contribution in [3.05, 3.63) is 48.0 Å². The van der Waals surface area contributed by atoms with Gasteiger partial charge in [-0.25, -0.2) is 12.8 Å². The summed E-state index contributed by atoms with van der Waals surface area (Å²) in [6, 6.07) is 6.77. The number of hydrogen-bond acceptors (Lipinski definition) is 3. The van der Waals surface area contributed by atoms with Crippen LogP contribution in [0.15, 0.2) is 41.4 Å². The quantitative estimate of drug-likeness (QED) is 0.888. The van der Waals surface area contributed by atoms with Gasteiger partial charge in [0.1, 0.15) is 16.4 Å². The van der Waals surface area contributed by atoms with Gasteiger partial charge < -0.3 is 9.88 Å². The third-order valence-corrected chi connectivity index (χ3v) is 6.40. The number of nitrogens with zero attached hydrogens (tertiary/aromatic N) is 2. The van der Waals surface area contributed by atoms with Gasteiger partial charge in [0.2, 0.25) is 10.0 Å². The first kappa shape index (κ1) is 18.6. The molecule has 1 saturated heterocycles. The maximum absolute atomic E-state index is 13.0. The van der Waals surface area contributed by atoms with Gasteiger partial charge in [-0.2, -0.15) is 4.31 Å². The van der Waals surface area contributed by atoms with Crippen molar-refractivity contribution >= 4 is 21.6 Å². The Morgan fingerprint density at radius 3 is 2.62 bits per heavy atom. The van der Waals surface area contributed by atoms with Crippen LogP contribution >= 0.6 is 0 Å². The predicted octanol–water partition coefficient (Wildman–Crippen LogP) is 2.84. The molecule has 0 aliphatic carbocycles. The maximum atomic E-state index is 13.0. The van der Waals surface area contributed by atoms with Crippen molar-refractivity contribution < 1.29 is 17.6 Å². The molecule has 1 atom stereocenters. The SMILES string of the molecule is C[C@@H]1CCCN(S(=O)(=O)c2cc(C(=O)Nc3ccc(F)cc3)n(C)c2)C1. The minimum absolute atomic E-state index is 0.110. The second-order valence-corrected chi connectivity index (χ2v) is 8.68. The number of aromatic nitrogens is 1. The smallest absolute Gasteiger partial charge is 0.272 e. The van der Waals surface area contributed by atoms with Crippen molar-refractivity contribution in [3.63, 3.8) is 0 Å².